The minimum atomic E-state index is -1.06. The minimum absolute atomic E-state index is 0.0723. The second-order valence-electron chi connectivity index (χ2n) is 4.84. The van der Waals surface area contributed by atoms with Crippen molar-refractivity contribution in [2.75, 3.05) is 13.7 Å². The molecule has 0 fully saturated rings. The van der Waals surface area contributed by atoms with Crippen molar-refractivity contribution in [2.45, 2.75) is 0 Å². The maximum absolute atomic E-state index is 13.2. The van der Waals surface area contributed by atoms with Crippen LogP contribution in [0.25, 0.3) is 6.08 Å². The fraction of sp³-hybridized carbons (Fsp3) is 0.105. The van der Waals surface area contributed by atoms with Gasteiger partial charge in [0.25, 0.3) is 0 Å². The van der Waals surface area contributed by atoms with Crippen LogP contribution in [0.1, 0.15) is 15.9 Å². The molecule has 0 amide bonds. The number of hydrogen-bond donors (Lipinski definition) is 0. The summed E-state index contributed by atoms with van der Waals surface area (Å²) in [6.07, 6.45) is 4.46. The van der Waals surface area contributed by atoms with Gasteiger partial charge in [0.2, 0.25) is 0 Å². The van der Waals surface area contributed by atoms with Crippen LogP contribution in [0.15, 0.2) is 55.1 Å². The van der Waals surface area contributed by atoms with Crippen LogP contribution in [-0.2, 0) is 0 Å². The first-order valence-corrected chi connectivity index (χ1v) is 7.14. The van der Waals surface area contributed by atoms with E-state index in [2.05, 4.69) is 6.58 Å². The maximum Gasteiger partial charge on any atom is 0.185 e. The summed E-state index contributed by atoms with van der Waals surface area (Å²) in [6, 6.07) is 8.19. The lowest BCUT2D eigenvalue weighted by Gasteiger charge is -2.09. The molecule has 0 aliphatic carbocycles. The van der Waals surface area contributed by atoms with E-state index in [0.717, 1.165) is 12.1 Å². The third-order valence-electron chi connectivity index (χ3n) is 3.18. The van der Waals surface area contributed by atoms with Gasteiger partial charge in [-0.2, -0.15) is 0 Å². The van der Waals surface area contributed by atoms with E-state index in [1.54, 1.807) is 30.4 Å². The molecule has 0 N–H and O–H groups in total. The Morgan fingerprint density at radius 2 is 1.92 bits per heavy atom. The lowest BCUT2D eigenvalue weighted by atomic mass is 10.1. The molecule has 0 atom stereocenters. The number of allylic oxidation sites excluding steroid dienone is 1. The van der Waals surface area contributed by atoms with Gasteiger partial charge in [0, 0.05) is 5.56 Å². The quantitative estimate of drug-likeness (QED) is 0.428. The molecule has 0 bridgehead atoms. The van der Waals surface area contributed by atoms with Gasteiger partial charge >= 0.3 is 0 Å². The Balaban J connectivity index is 2.17. The van der Waals surface area contributed by atoms with E-state index in [1.165, 1.54) is 19.3 Å². The van der Waals surface area contributed by atoms with Gasteiger partial charge in [-0.25, -0.2) is 8.78 Å². The van der Waals surface area contributed by atoms with Crippen molar-refractivity contribution in [3.8, 4) is 11.5 Å². The number of hydrogen-bond acceptors (Lipinski definition) is 3. The number of rotatable bonds is 7. The SMILES string of the molecule is C=CCOc1ccc(C=CC(=O)c2ccc(F)c(F)c2)cc1OC. The molecule has 2 rings (SSSR count). The molecule has 0 aliphatic heterocycles. The molecule has 0 radical (unpaired) electrons. The molecule has 0 aromatic heterocycles. The number of carbonyl (C=O) groups excluding carboxylic acids is 1. The third kappa shape index (κ3) is 4.29. The second kappa shape index (κ2) is 8.06. The molecule has 0 unspecified atom stereocenters. The lowest BCUT2D eigenvalue weighted by Crippen LogP contribution is -1.97. The highest BCUT2D eigenvalue weighted by molar-refractivity contribution is 6.06. The van der Waals surface area contributed by atoms with Crippen molar-refractivity contribution in [1.82, 2.24) is 0 Å². The number of ketones is 1. The van der Waals surface area contributed by atoms with E-state index in [0.29, 0.717) is 23.7 Å². The highest BCUT2D eigenvalue weighted by Crippen LogP contribution is 2.28. The average molecular weight is 330 g/mol. The highest BCUT2D eigenvalue weighted by Gasteiger charge is 2.08. The minimum Gasteiger partial charge on any atom is -0.493 e. The Morgan fingerprint density at radius 1 is 1.12 bits per heavy atom. The molecule has 0 saturated carbocycles. The van der Waals surface area contributed by atoms with E-state index >= 15 is 0 Å². The summed E-state index contributed by atoms with van der Waals surface area (Å²) in [5.41, 5.74) is 0.775. The molecule has 0 saturated heterocycles. The molecule has 24 heavy (non-hydrogen) atoms. The Morgan fingerprint density at radius 3 is 2.58 bits per heavy atom. The summed E-state index contributed by atoms with van der Waals surface area (Å²) < 4.78 is 36.7. The summed E-state index contributed by atoms with van der Waals surface area (Å²) in [6.45, 7) is 3.92. The summed E-state index contributed by atoms with van der Waals surface area (Å²) in [4.78, 5) is 12.0. The van der Waals surface area contributed by atoms with Crippen LogP contribution in [0, 0.1) is 11.6 Å². The van der Waals surface area contributed by atoms with Crippen molar-refractivity contribution in [1.29, 1.82) is 0 Å². The van der Waals surface area contributed by atoms with E-state index in [-0.39, 0.29) is 5.56 Å². The lowest BCUT2D eigenvalue weighted by molar-refractivity contribution is 0.104. The zero-order valence-electron chi connectivity index (χ0n) is 13.1. The van der Waals surface area contributed by atoms with Crippen molar-refractivity contribution >= 4 is 11.9 Å². The van der Waals surface area contributed by atoms with Crippen LogP contribution in [0.3, 0.4) is 0 Å². The predicted molar refractivity (Wildman–Crippen MR) is 88.4 cm³/mol. The molecular formula is C19H16F2O3. The predicted octanol–water partition coefficient (Wildman–Crippen LogP) is 4.43. The fourth-order valence-electron chi connectivity index (χ4n) is 1.97. The van der Waals surface area contributed by atoms with Crippen molar-refractivity contribution in [3.05, 3.63) is 77.9 Å². The van der Waals surface area contributed by atoms with Crippen LogP contribution < -0.4 is 9.47 Å². The summed E-state index contributed by atoms with van der Waals surface area (Å²) in [5, 5.41) is 0. The number of halogens is 2. The largest absolute Gasteiger partial charge is 0.493 e. The van der Waals surface area contributed by atoms with Crippen molar-refractivity contribution < 1.29 is 23.0 Å². The van der Waals surface area contributed by atoms with E-state index in [1.807, 2.05) is 0 Å². The zero-order valence-corrected chi connectivity index (χ0v) is 13.1. The van der Waals surface area contributed by atoms with Gasteiger partial charge in [-0.15, -0.1) is 0 Å². The molecular weight excluding hydrogens is 314 g/mol. The Labute approximate surface area is 138 Å². The molecule has 2 aromatic rings. The molecule has 3 nitrogen and oxygen atoms in total. The molecule has 0 aliphatic rings. The van der Waals surface area contributed by atoms with E-state index in [9.17, 15) is 13.6 Å². The van der Waals surface area contributed by atoms with Gasteiger partial charge in [-0.3, -0.25) is 4.79 Å². The van der Waals surface area contributed by atoms with Crippen molar-refractivity contribution in [2.24, 2.45) is 0 Å². The van der Waals surface area contributed by atoms with Gasteiger partial charge in [0.05, 0.1) is 7.11 Å². The smallest absolute Gasteiger partial charge is 0.185 e. The third-order valence-corrected chi connectivity index (χ3v) is 3.18. The number of ether oxygens (including phenoxy) is 2. The standard InChI is InChI=1S/C19H16F2O3/c1-3-10-24-18-9-5-13(11-19(18)23-2)4-8-17(22)14-6-7-15(20)16(21)12-14/h3-9,11-12H,1,10H2,2H3. The first-order chi connectivity index (χ1) is 11.5. The molecule has 2 aromatic carbocycles. The molecule has 0 spiro atoms. The number of benzene rings is 2. The fourth-order valence-corrected chi connectivity index (χ4v) is 1.97. The summed E-state index contributed by atoms with van der Waals surface area (Å²) in [5.74, 6) is -1.41. The van der Waals surface area contributed by atoms with Crippen LogP contribution in [0.5, 0.6) is 11.5 Å². The maximum atomic E-state index is 13.2. The highest BCUT2D eigenvalue weighted by atomic mass is 19.2. The Bertz CT molecular complexity index is 782. The molecule has 5 heteroatoms. The monoisotopic (exact) mass is 330 g/mol. The van der Waals surface area contributed by atoms with E-state index in [4.69, 9.17) is 9.47 Å². The van der Waals surface area contributed by atoms with E-state index < -0.39 is 17.4 Å². The second-order valence-corrected chi connectivity index (χ2v) is 4.84. The molecule has 0 heterocycles. The number of carbonyl (C=O) groups is 1. The Kier molecular flexibility index (Phi) is 5.84. The van der Waals surface area contributed by atoms with Crippen LogP contribution in [0.4, 0.5) is 8.78 Å². The normalized spacial score (nSPS) is 10.6. The van der Waals surface area contributed by atoms with Crippen LogP contribution >= 0.6 is 0 Å². The van der Waals surface area contributed by atoms with Crippen LogP contribution in [0.2, 0.25) is 0 Å². The van der Waals surface area contributed by atoms with Gasteiger partial charge in [0.1, 0.15) is 6.61 Å². The zero-order chi connectivity index (χ0) is 17.5. The van der Waals surface area contributed by atoms with Gasteiger partial charge < -0.3 is 9.47 Å². The van der Waals surface area contributed by atoms with Gasteiger partial charge in [-0.1, -0.05) is 24.8 Å². The average Bonchev–Trinajstić information content (AvgIpc) is 2.60. The first-order valence-electron chi connectivity index (χ1n) is 7.14. The number of methoxy groups -OCH3 is 1. The topological polar surface area (TPSA) is 35.5 Å². The van der Waals surface area contributed by atoms with Crippen molar-refractivity contribution in [3.63, 3.8) is 0 Å². The molecule has 124 valence electrons. The van der Waals surface area contributed by atoms with Gasteiger partial charge in [-0.05, 0) is 42.0 Å². The summed E-state index contributed by atoms with van der Waals surface area (Å²) in [7, 11) is 1.51. The first kappa shape index (κ1) is 17.4. The van der Waals surface area contributed by atoms with Crippen LogP contribution in [-0.4, -0.2) is 19.5 Å². The summed E-state index contributed by atoms with van der Waals surface area (Å²) >= 11 is 0. The van der Waals surface area contributed by atoms with Gasteiger partial charge in [0.15, 0.2) is 28.9 Å². The Hall–Kier alpha value is -2.95.